The molecule has 100 valence electrons. The predicted octanol–water partition coefficient (Wildman–Crippen LogP) is 1.02. The molecule has 8 heteroatoms. The topological polar surface area (TPSA) is 115 Å². The smallest absolute Gasteiger partial charge is 0.314 e. The molecule has 0 fully saturated rings. The largest absolute Gasteiger partial charge is 0.393 e. The van der Waals surface area contributed by atoms with E-state index in [4.69, 9.17) is 5.73 Å². The van der Waals surface area contributed by atoms with Crippen LogP contribution in [0.4, 0.5) is 17.1 Å². The summed E-state index contributed by atoms with van der Waals surface area (Å²) >= 11 is 0. The van der Waals surface area contributed by atoms with Crippen molar-refractivity contribution in [2.45, 2.75) is 6.42 Å². The second-order valence-corrected chi connectivity index (χ2v) is 6.17. The van der Waals surface area contributed by atoms with Gasteiger partial charge in [0.2, 0.25) is 0 Å². The van der Waals surface area contributed by atoms with Gasteiger partial charge in [0.1, 0.15) is 21.2 Å². The van der Waals surface area contributed by atoms with Gasteiger partial charge in [0, 0.05) is 12.8 Å². The van der Waals surface area contributed by atoms with Gasteiger partial charge in [-0.1, -0.05) is 6.07 Å². The van der Waals surface area contributed by atoms with Crippen LogP contribution in [0.1, 0.15) is 6.42 Å². The van der Waals surface area contributed by atoms with Crippen LogP contribution in [0.5, 0.6) is 0 Å². The molecule has 1 rings (SSSR count). The van der Waals surface area contributed by atoms with Gasteiger partial charge in [-0.2, -0.15) is 0 Å². The Kier molecular flexibility index (Phi) is 4.49. The first-order chi connectivity index (χ1) is 8.31. The summed E-state index contributed by atoms with van der Waals surface area (Å²) < 4.78 is 21.8. The highest BCUT2D eigenvalue weighted by Crippen LogP contribution is 2.30. The quantitative estimate of drug-likeness (QED) is 0.346. The van der Waals surface area contributed by atoms with E-state index in [1.807, 2.05) is 0 Å². The first-order valence-electron chi connectivity index (χ1n) is 5.26. The van der Waals surface area contributed by atoms with E-state index in [0.717, 1.165) is 6.26 Å². The summed E-state index contributed by atoms with van der Waals surface area (Å²) in [5.41, 5.74) is 5.71. The van der Waals surface area contributed by atoms with Gasteiger partial charge in [-0.25, -0.2) is 8.42 Å². The van der Waals surface area contributed by atoms with E-state index >= 15 is 0 Å². The third-order valence-electron chi connectivity index (χ3n) is 2.26. The molecular weight excluding hydrogens is 258 g/mol. The van der Waals surface area contributed by atoms with Crippen molar-refractivity contribution in [2.75, 3.05) is 29.6 Å². The lowest BCUT2D eigenvalue weighted by Gasteiger charge is -2.07. The van der Waals surface area contributed by atoms with E-state index in [1.54, 1.807) is 6.07 Å². The molecule has 0 unspecified atom stereocenters. The van der Waals surface area contributed by atoms with Gasteiger partial charge in [0.05, 0.1) is 10.7 Å². The number of benzene rings is 1. The molecule has 0 aliphatic carbocycles. The summed E-state index contributed by atoms with van der Waals surface area (Å²) in [7, 11) is -3.01. The van der Waals surface area contributed by atoms with Crippen LogP contribution in [-0.4, -0.2) is 31.9 Å². The Hall–Kier alpha value is -1.83. The summed E-state index contributed by atoms with van der Waals surface area (Å²) in [5.74, 6) is 0.0378. The third-order valence-corrected chi connectivity index (χ3v) is 3.29. The Labute approximate surface area is 105 Å². The Morgan fingerprint density at radius 2 is 2.11 bits per heavy atom. The van der Waals surface area contributed by atoms with Crippen LogP contribution >= 0.6 is 0 Å². The highest BCUT2D eigenvalue weighted by atomic mass is 32.2. The lowest BCUT2D eigenvalue weighted by atomic mass is 10.2. The molecule has 0 amide bonds. The average molecular weight is 273 g/mol. The maximum Gasteiger partial charge on any atom is 0.314 e. The fourth-order valence-electron chi connectivity index (χ4n) is 1.47. The normalized spacial score (nSPS) is 11.2. The van der Waals surface area contributed by atoms with E-state index < -0.39 is 14.8 Å². The molecule has 0 aliphatic rings. The van der Waals surface area contributed by atoms with Crippen molar-refractivity contribution in [3.63, 3.8) is 0 Å². The fraction of sp³-hybridized carbons (Fsp3) is 0.400. The van der Waals surface area contributed by atoms with E-state index in [9.17, 15) is 18.5 Å². The van der Waals surface area contributed by atoms with Crippen molar-refractivity contribution in [1.82, 2.24) is 0 Å². The Morgan fingerprint density at radius 1 is 1.44 bits per heavy atom. The average Bonchev–Trinajstić information content (AvgIpc) is 2.22. The lowest BCUT2D eigenvalue weighted by Crippen LogP contribution is -2.11. The minimum Gasteiger partial charge on any atom is -0.393 e. The number of rotatable bonds is 6. The van der Waals surface area contributed by atoms with Crippen LogP contribution < -0.4 is 11.1 Å². The molecule has 0 heterocycles. The van der Waals surface area contributed by atoms with E-state index in [0.29, 0.717) is 18.7 Å². The van der Waals surface area contributed by atoms with E-state index in [2.05, 4.69) is 5.32 Å². The zero-order chi connectivity index (χ0) is 13.8. The predicted molar refractivity (Wildman–Crippen MR) is 70.3 cm³/mol. The Morgan fingerprint density at radius 3 is 2.67 bits per heavy atom. The SMILES string of the molecule is CS(=O)(=O)CCCNc1cccc(N)c1[N+](=O)[O-]. The monoisotopic (exact) mass is 273 g/mol. The molecule has 0 atom stereocenters. The molecule has 1 aromatic rings. The molecule has 0 aliphatic heterocycles. The van der Waals surface area contributed by atoms with Crippen LogP contribution in [0.2, 0.25) is 0 Å². The molecule has 3 N–H and O–H groups in total. The van der Waals surface area contributed by atoms with Crippen LogP contribution in [0.25, 0.3) is 0 Å². The van der Waals surface area contributed by atoms with E-state index in [1.165, 1.54) is 12.1 Å². The summed E-state index contributed by atoms with van der Waals surface area (Å²) in [6.45, 7) is 0.331. The fourth-order valence-corrected chi connectivity index (χ4v) is 2.13. The first kappa shape index (κ1) is 14.2. The second-order valence-electron chi connectivity index (χ2n) is 3.91. The van der Waals surface area contributed by atoms with Gasteiger partial charge in [-0.05, 0) is 18.6 Å². The number of hydrogen-bond acceptors (Lipinski definition) is 6. The molecule has 0 saturated heterocycles. The zero-order valence-corrected chi connectivity index (χ0v) is 10.7. The molecule has 0 radical (unpaired) electrons. The highest BCUT2D eigenvalue weighted by Gasteiger charge is 2.17. The number of sulfone groups is 1. The second kappa shape index (κ2) is 5.67. The molecule has 0 saturated carbocycles. The van der Waals surface area contributed by atoms with Crippen molar-refractivity contribution in [2.24, 2.45) is 0 Å². The maximum atomic E-state index is 10.9. The number of nitrogen functional groups attached to an aromatic ring is 1. The van der Waals surface area contributed by atoms with Crippen molar-refractivity contribution in [3.8, 4) is 0 Å². The molecular formula is C10H15N3O4S. The molecule has 18 heavy (non-hydrogen) atoms. The van der Waals surface area contributed by atoms with E-state index in [-0.39, 0.29) is 17.1 Å². The lowest BCUT2D eigenvalue weighted by molar-refractivity contribution is -0.383. The van der Waals surface area contributed by atoms with Crippen molar-refractivity contribution < 1.29 is 13.3 Å². The number of anilines is 2. The van der Waals surface area contributed by atoms with Crippen molar-refractivity contribution >= 4 is 26.9 Å². The van der Waals surface area contributed by atoms with Gasteiger partial charge < -0.3 is 11.1 Å². The Bertz CT molecular complexity index is 542. The Balaban J connectivity index is 2.68. The molecule has 7 nitrogen and oxygen atoms in total. The van der Waals surface area contributed by atoms with Crippen LogP contribution in [0.15, 0.2) is 18.2 Å². The van der Waals surface area contributed by atoms with Gasteiger partial charge in [-0.15, -0.1) is 0 Å². The van der Waals surface area contributed by atoms with Crippen LogP contribution in [-0.2, 0) is 9.84 Å². The van der Waals surface area contributed by atoms with Crippen LogP contribution in [0.3, 0.4) is 0 Å². The highest BCUT2D eigenvalue weighted by molar-refractivity contribution is 7.90. The minimum absolute atomic E-state index is 0.0378. The number of nitro groups is 1. The standard InChI is InChI=1S/C10H15N3O4S/c1-18(16,17)7-3-6-12-9-5-2-4-8(11)10(9)13(14)15/h2,4-5,12H,3,6-7,11H2,1H3. The molecule has 0 bridgehead atoms. The summed E-state index contributed by atoms with van der Waals surface area (Å²) in [6.07, 6.45) is 1.53. The molecule has 0 spiro atoms. The van der Waals surface area contributed by atoms with Crippen LogP contribution in [0, 0.1) is 10.1 Å². The first-order valence-corrected chi connectivity index (χ1v) is 7.32. The zero-order valence-electron chi connectivity index (χ0n) is 9.92. The summed E-state index contributed by atoms with van der Waals surface area (Å²) in [5, 5.41) is 13.6. The minimum atomic E-state index is -3.01. The summed E-state index contributed by atoms with van der Waals surface area (Å²) in [6, 6.07) is 4.58. The van der Waals surface area contributed by atoms with Gasteiger partial charge in [0.15, 0.2) is 0 Å². The third kappa shape index (κ3) is 4.21. The summed E-state index contributed by atoms with van der Waals surface area (Å²) in [4.78, 5) is 10.3. The molecule has 0 aromatic heterocycles. The number of nitro benzene ring substituents is 1. The number of para-hydroxylation sites is 1. The number of hydrogen-bond donors (Lipinski definition) is 2. The molecule has 1 aromatic carbocycles. The number of nitrogens with one attached hydrogen (secondary N) is 1. The van der Waals surface area contributed by atoms with Crippen molar-refractivity contribution in [3.05, 3.63) is 28.3 Å². The van der Waals surface area contributed by atoms with Crippen molar-refractivity contribution in [1.29, 1.82) is 0 Å². The van der Waals surface area contributed by atoms with Gasteiger partial charge in [0.25, 0.3) is 0 Å². The number of nitrogens with zero attached hydrogens (tertiary/aromatic N) is 1. The number of nitrogens with two attached hydrogens (primary N) is 1. The van der Waals surface area contributed by atoms with Gasteiger partial charge >= 0.3 is 5.69 Å². The van der Waals surface area contributed by atoms with Gasteiger partial charge in [-0.3, -0.25) is 10.1 Å². The maximum absolute atomic E-state index is 10.9.